The van der Waals surface area contributed by atoms with Crippen molar-refractivity contribution in [3.8, 4) is 5.75 Å². The van der Waals surface area contributed by atoms with Crippen molar-refractivity contribution in [3.63, 3.8) is 0 Å². The summed E-state index contributed by atoms with van der Waals surface area (Å²) in [5, 5.41) is 0. The van der Waals surface area contributed by atoms with Gasteiger partial charge in [0.25, 0.3) is 0 Å². The van der Waals surface area contributed by atoms with E-state index in [1.807, 2.05) is 18.2 Å². The second-order valence-corrected chi connectivity index (χ2v) is 4.18. The minimum absolute atomic E-state index is 0.587. The maximum absolute atomic E-state index is 5.94. The number of rotatable bonds is 5. The summed E-state index contributed by atoms with van der Waals surface area (Å²) < 4.78 is 7.25. The van der Waals surface area contributed by atoms with Crippen molar-refractivity contribution >= 4 is 17.0 Å². The van der Waals surface area contributed by atoms with Gasteiger partial charge in [0.05, 0.1) is 18.1 Å². The van der Waals surface area contributed by atoms with E-state index in [2.05, 4.69) is 16.5 Å². The molecule has 0 saturated carbocycles. The van der Waals surface area contributed by atoms with Crippen LogP contribution in [0.15, 0.2) is 18.2 Å². The smallest absolute Gasteiger partial charge is 0.201 e. The molecular formula is C13H19N3O. The number of anilines is 1. The number of aromatic nitrogens is 2. The second kappa shape index (κ2) is 5.08. The fourth-order valence-corrected chi connectivity index (χ4v) is 2.01. The number of nitrogens with zero attached hydrogens (tertiary/aromatic N) is 2. The van der Waals surface area contributed by atoms with Gasteiger partial charge in [0.2, 0.25) is 5.95 Å². The summed E-state index contributed by atoms with van der Waals surface area (Å²) in [6, 6.07) is 5.88. The predicted octanol–water partition coefficient (Wildman–Crippen LogP) is 2.82. The molecule has 0 unspecified atom stereocenters. The van der Waals surface area contributed by atoms with Crippen LogP contribution in [0.1, 0.15) is 26.2 Å². The van der Waals surface area contributed by atoms with Crippen LogP contribution in [0.2, 0.25) is 0 Å². The third kappa shape index (κ3) is 2.35. The van der Waals surface area contributed by atoms with E-state index in [-0.39, 0.29) is 0 Å². The first-order valence-corrected chi connectivity index (χ1v) is 6.06. The maximum atomic E-state index is 5.94. The largest absolute Gasteiger partial charge is 0.497 e. The maximum Gasteiger partial charge on any atom is 0.201 e. The number of imidazole rings is 1. The van der Waals surface area contributed by atoms with Gasteiger partial charge in [-0.3, -0.25) is 0 Å². The first-order chi connectivity index (χ1) is 8.26. The average molecular weight is 233 g/mol. The highest BCUT2D eigenvalue weighted by molar-refractivity contribution is 5.79. The minimum Gasteiger partial charge on any atom is -0.497 e. The summed E-state index contributed by atoms with van der Waals surface area (Å²) in [5.74, 6) is 1.40. The molecule has 4 nitrogen and oxygen atoms in total. The standard InChI is InChI=1S/C13H19N3O/c1-3-4-5-8-16-12-7-6-10(17-2)9-11(12)15-13(16)14/h6-7,9H,3-5,8H2,1-2H3,(H2,14,15). The zero-order chi connectivity index (χ0) is 12.3. The van der Waals surface area contributed by atoms with Crippen molar-refractivity contribution in [2.75, 3.05) is 12.8 Å². The summed E-state index contributed by atoms with van der Waals surface area (Å²) in [4.78, 5) is 4.36. The van der Waals surface area contributed by atoms with Crippen LogP contribution in [0.3, 0.4) is 0 Å². The number of fused-ring (bicyclic) bond motifs is 1. The molecule has 2 rings (SSSR count). The first kappa shape index (κ1) is 11.8. The molecule has 0 aliphatic heterocycles. The van der Waals surface area contributed by atoms with Crippen molar-refractivity contribution in [2.24, 2.45) is 0 Å². The van der Waals surface area contributed by atoms with Gasteiger partial charge >= 0.3 is 0 Å². The van der Waals surface area contributed by atoms with Gasteiger partial charge in [0.1, 0.15) is 5.75 Å². The lowest BCUT2D eigenvalue weighted by molar-refractivity contribution is 0.415. The number of hydrogen-bond acceptors (Lipinski definition) is 3. The third-order valence-electron chi connectivity index (χ3n) is 2.97. The number of aryl methyl sites for hydroxylation is 1. The molecule has 2 aromatic rings. The number of ether oxygens (including phenoxy) is 1. The molecule has 0 fully saturated rings. The molecule has 0 aliphatic rings. The summed E-state index contributed by atoms with van der Waals surface area (Å²) in [7, 11) is 1.66. The molecule has 0 bridgehead atoms. The lowest BCUT2D eigenvalue weighted by Crippen LogP contribution is -2.03. The van der Waals surface area contributed by atoms with Crippen LogP contribution < -0.4 is 10.5 Å². The summed E-state index contributed by atoms with van der Waals surface area (Å²) in [5.41, 5.74) is 7.92. The molecule has 4 heteroatoms. The molecule has 0 spiro atoms. The van der Waals surface area contributed by atoms with Gasteiger partial charge in [-0.05, 0) is 18.6 Å². The molecule has 1 aromatic heterocycles. The van der Waals surface area contributed by atoms with E-state index in [4.69, 9.17) is 10.5 Å². The Morgan fingerprint density at radius 3 is 2.88 bits per heavy atom. The van der Waals surface area contributed by atoms with Crippen molar-refractivity contribution in [1.29, 1.82) is 0 Å². The molecule has 0 aliphatic carbocycles. The summed E-state index contributed by atoms with van der Waals surface area (Å²) >= 11 is 0. The Morgan fingerprint density at radius 1 is 1.35 bits per heavy atom. The van der Waals surface area contributed by atoms with Crippen molar-refractivity contribution in [1.82, 2.24) is 9.55 Å². The van der Waals surface area contributed by atoms with Gasteiger partial charge in [-0.1, -0.05) is 19.8 Å². The number of nitrogen functional groups attached to an aromatic ring is 1. The van der Waals surface area contributed by atoms with Gasteiger partial charge in [0, 0.05) is 12.6 Å². The Bertz CT molecular complexity index is 505. The summed E-state index contributed by atoms with van der Waals surface area (Å²) in [6.45, 7) is 3.13. The van der Waals surface area contributed by atoms with E-state index in [1.54, 1.807) is 7.11 Å². The van der Waals surface area contributed by atoms with Crippen molar-refractivity contribution < 1.29 is 4.74 Å². The van der Waals surface area contributed by atoms with Crippen LogP contribution in [0.4, 0.5) is 5.95 Å². The highest BCUT2D eigenvalue weighted by Gasteiger charge is 2.08. The average Bonchev–Trinajstić information content (AvgIpc) is 2.65. The number of nitrogens with two attached hydrogens (primary N) is 1. The lowest BCUT2D eigenvalue weighted by Gasteiger charge is -2.05. The molecular weight excluding hydrogens is 214 g/mol. The van der Waals surface area contributed by atoms with Crippen LogP contribution in [-0.2, 0) is 6.54 Å². The topological polar surface area (TPSA) is 53.1 Å². The predicted molar refractivity (Wildman–Crippen MR) is 70.2 cm³/mol. The lowest BCUT2D eigenvalue weighted by atomic mass is 10.2. The summed E-state index contributed by atoms with van der Waals surface area (Å²) in [6.07, 6.45) is 3.56. The molecule has 92 valence electrons. The zero-order valence-corrected chi connectivity index (χ0v) is 10.4. The van der Waals surface area contributed by atoms with Crippen LogP contribution >= 0.6 is 0 Å². The van der Waals surface area contributed by atoms with Crippen molar-refractivity contribution in [3.05, 3.63) is 18.2 Å². The zero-order valence-electron chi connectivity index (χ0n) is 10.4. The van der Waals surface area contributed by atoms with E-state index in [9.17, 15) is 0 Å². The van der Waals surface area contributed by atoms with Crippen LogP contribution in [0.5, 0.6) is 5.75 Å². The minimum atomic E-state index is 0.587. The molecule has 0 radical (unpaired) electrons. The Hall–Kier alpha value is -1.71. The van der Waals surface area contributed by atoms with E-state index >= 15 is 0 Å². The van der Waals surface area contributed by atoms with Crippen molar-refractivity contribution in [2.45, 2.75) is 32.7 Å². The fourth-order valence-electron chi connectivity index (χ4n) is 2.01. The molecule has 2 N–H and O–H groups in total. The fraction of sp³-hybridized carbons (Fsp3) is 0.462. The highest BCUT2D eigenvalue weighted by atomic mass is 16.5. The first-order valence-electron chi connectivity index (χ1n) is 6.06. The van der Waals surface area contributed by atoms with Gasteiger partial charge in [0.15, 0.2) is 0 Å². The molecule has 17 heavy (non-hydrogen) atoms. The highest BCUT2D eigenvalue weighted by Crippen LogP contribution is 2.23. The quantitative estimate of drug-likeness (QED) is 0.808. The number of benzene rings is 1. The Kier molecular flexibility index (Phi) is 3.52. The van der Waals surface area contributed by atoms with E-state index < -0.39 is 0 Å². The third-order valence-corrected chi connectivity index (χ3v) is 2.97. The molecule has 0 amide bonds. The number of unbranched alkanes of at least 4 members (excludes halogenated alkanes) is 2. The van der Waals surface area contributed by atoms with E-state index in [0.29, 0.717) is 5.95 Å². The Balaban J connectivity index is 2.31. The number of hydrogen-bond donors (Lipinski definition) is 1. The second-order valence-electron chi connectivity index (χ2n) is 4.18. The Morgan fingerprint density at radius 2 is 2.18 bits per heavy atom. The van der Waals surface area contributed by atoms with Crippen LogP contribution in [-0.4, -0.2) is 16.7 Å². The van der Waals surface area contributed by atoms with E-state index in [1.165, 1.54) is 12.8 Å². The molecule has 0 saturated heterocycles. The SMILES string of the molecule is CCCCCn1c(N)nc2cc(OC)ccc21. The molecule has 0 atom stereocenters. The number of methoxy groups -OCH3 is 1. The van der Waals surface area contributed by atoms with E-state index in [0.717, 1.165) is 29.7 Å². The normalized spacial score (nSPS) is 10.9. The van der Waals surface area contributed by atoms with Gasteiger partial charge in [-0.25, -0.2) is 4.98 Å². The van der Waals surface area contributed by atoms with Gasteiger partial charge in [-0.15, -0.1) is 0 Å². The van der Waals surface area contributed by atoms with Crippen LogP contribution in [0.25, 0.3) is 11.0 Å². The Labute approximate surface area is 101 Å². The molecule has 1 heterocycles. The van der Waals surface area contributed by atoms with Gasteiger partial charge < -0.3 is 15.0 Å². The van der Waals surface area contributed by atoms with Gasteiger partial charge in [-0.2, -0.15) is 0 Å². The molecule has 1 aromatic carbocycles. The van der Waals surface area contributed by atoms with Crippen LogP contribution in [0, 0.1) is 0 Å². The monoisotopic (exact) mass is 233 g/mol.